The molecule has 2 heterocycles. The number of pyridine rings is 1. The zero-order valence-electron chi connectivity index (χ0n) is 9.68. The van der Waals surface area contributed by atoms with Gasteiger partial charge in [0.1, 0.15) is 0 Å². The summed E-state index contributed by atoms with van der Waals surface area (Å²) in [6.07, 6.45) is 3.65. The van der Waals surface area contributed by atoms with Crippen LogP contribution in [0, 0.1) is 5.92 Å². The number of hydrogen-bond donors (Lipinski definition) is 1. The van der Waals surface area contributed by atoms with Crippen molar-refractivity contribution in [3.05, 3.63) is 30.1 Å². The Labute approximate surface area is 101 Å². The van der Waals surface area contributed by atoms with Crippen LogP contribution >= 0.6 is 11.8 Å². The van der Waals surface area contributed by atoms with Gasteiger partial charge in [-0.25, -0.2) is 0 Å². The van der Waals surface area contributed by atoms with Crippen LogP contribution in [-0.4, -0.2) is 22.4 Å². The third kappa shape index (κ3) is 2.98. The van der Waals surface area contributed by atoms with Gasteiger partial charge in [0.25, 0.3) is 0 Å². The first kappa shape index (κ1) is 11.5. The largest absolute Gasteiger partial charge is 0.358 e. The molecule has 0 bridgehead atoms. The summed E-state index contributed by atoms with van der Waals surface area (Å²) in [5.74, 6) is 1.86. The second kappa shape index (κ2) is 5.34. The van der Waals surface area contributed by atoms with E-state index >= 15 is 0 Å². The van der Waals surface area contributed by atoms with Gasteiger partial charge in [-0.2, -0.15) is 0 Å². The van der Waals surface area contributed by atoms with Crippen LogP contribution in [0.5, 0.6) is 0 Å². The summed E-state index contributed by atoms with van der Waals surface area (Å²) < 4.78 is 0. The summed E-state index contributed by atoms with van der Waals surface area (Å²) in [6.45, 7) is 5.33. The molecule has 0 aromatic carbocycles. The Kier molecular flexibility index (Phi) is 3.83. The van der Waals surface area contributed by atoms with Crippen molar-refractivity contribution in [2.45, 2.75) is 19.9 Å². The summed E-state index contributed by atoms with van der Waals surface area (Å²) in [7, 11) is 0. The molecule has 0 radical (unpaired) electrons. The molecule has 86 valence electrons. The van der Waals surface area contributed by atoms with Crippen molar-refractivity contribution in [1.82, 2.24) is 10.3 Å². The van der Waals surface area contributed by atoms with Crippen molar-refractivity contribution in [3.63, 3.8) is 0 Å². The molecule has 0 saturated carbocycles. The number of aromatic nitrogens is 1. The van der Waals surface area contributed by atoms with Crippen LogP contribution in [0.1, 0.15) is 25.5 Å². The van der Waals surface area contributed by atoms with Crippen LogP contribution in [0.4, 0.5) is 0 Å². The molecule has 16 heavy (non-hydrogen) atoms. The van der Waals surface area contributed by atoms with Gasteiger partial charge < -0.3 is 5.32 Å². The topological polar surface area (TPSA) is 37.3 Å². The average molecular weight is 235 g/mol. The Morgan fingerprint density at radius 2 is 2.19 bits per heavy atom. The molecule has 1 aliphatic heterocycles. The average Bonchev–Trinajstić information content (AvgIpc) is 2.33. The van der Waals surface area contributed by atoms with E-state index in [0.717, 1.165) is 17.5 Å². The highest BCUT2D eigenvalue weighted by atomic mass is 32.2. The standard InChI is InChI=1S/C12H17N3S/c1-9-7-14-12(16-8-9)15-10(2)11-3-5-13-6-4-11/h3-6,9-10H,7-8H2,1-2H3,(H,14,15). The Morgan fingerprint density at radius 1 is 1.44 bits per heavy atom. The van der Waals surface area contributed by atoms with Gasteiger partial charge in [-0.05, 0) is 30.5 Å². The molecular weight excluding hydrogens is 218 g/mol. The zero-order valence-corrected chi connectivity index (χ0v) is 10.5. The van der Waals surface area contributed by atoms with Gasteiger partial charge >= 0.3 is 0 Å². The van der Waals surface area contributed by atoms with Crippen molar-refractivity contribution in [1.29, 1.82) is 0 Å². The lowest BCUT2D eigenvalue weighted by Gasteiger charge is -2.21. The zero-order chi connectivity index (χ0) is 11.4. The Morgan fingerprint density at radius 3 is 2.81 bits per heavy atom. The second-order valence-electron chi connectivity index (χ2n) is 4.21. The lowest BCUT2D eigenvalue weighted by molar-refractivity contribution is 0.658. The SMILES string of the molecule is CC1CN=C(NC(C)c2ccncc2)SC1. The molecule has 0 saturated heterocycles. The summed E-state index contributed by atoms with van der Waals surface area (Å²) in [6, 6.07) is 4.37. The van der Waals surface area contributed by atoms with Crippen molar-refractivity contribution in [2.24, 2.45) is 10.9 Å². The van der Waals surface area contributed by atoms with Crippen molar-refractivity contribution in [3.8, 4) is 0 Å². The molecule has 0 spiro atoms. The van der Waals surface area contributed by atoms with Gasteiger partial charge in [-0.15, -0.1) is 0 Å². The van der Waals surface area contributed by atoms with Gasteiger partial charge in [0, 0.05) is 24.7 Å². The summed E-state index contributed by atoms with van der Waals surface area (Å²) in [4.78, 5) is 8.55. The Bertz CT molecular complexity index is 364. The van der Waals surface area contributed by atoms with Crippen LogP contribution in [-0.2, 0) is 0 Å². The van der Waals surface area contributed by atoms with E-state index < -0.39 is 0 Å². The summed E-state index contributed by atoms with van der Waals surface area (Å²) in [5.41, 5.74) is 1.25. The van der Waals surface area contributed by atoms with Crippen LogP contribution < -0.4 is 5.32 Å². The molecule has 0 amide bonds. The Balaban J connectivity index is 1.95. The van der Waals surface area contributed by atoms with E-state index in [0.29, 0.717) is 12.0 Å². The van der Waals surface area contributed by atoms with Gasteiger partial charge in [-0.1, -0.05) is 18.7 Å². The van der Waals surface area contributed by atoms with Gasteiger partial charge in [0.15, 0.2) is 5.17 Å². The highest BCUT2D eigenvalue weighted by molar-refractivity contribution is 8.13. The maximum Gasteiger partial charge on any atom is 0.157 e. The number of hydrogen-bond acceptors (Lipinski definition) is 4. The van der Waals surface area contributed by atoms with Crippen molar-refractivity contribution < 1.29 is 0 Å². The maximum absolute atomic E-state index is 4.53. The number of aliphatic imine (C=N–C) groups is 1. The van der Waals surface area contributed by atoms with E-state index in [1.54, 1.807) is 0 Å². The summed E-state index contributed by atoms with van der Waals surface area (Å²) >= 11 is 1.82. The molecule has 3 nitrogen and oxygen atoms in total. The lowest BCUT2D eigenvalue weighted by atomic mass is 10.1. The first-order chi connectivity index (χ1) is 7.75. The Hall–Kier alpha value is -1.03. The number of nitrogens with zero attached hydrogens (tertiary/aromatic N) is 2. The lowest BCUT2D eigenvalue weighted by Crippen LogP contribution is -2.28. The smallest absolute Gasteiger partial charge is 0.157 e. The molecule has 2 rings (SSSR count). The third-order valence-corrected chi connectivity index (χ3v) is 3.85. The normalized spacial score (nSPS) is 22.4. The first-order valence-electron chi connectivity index (χ1n) is 5.59. The van der Waals surface area contributed by atoms with E-state index in [1.807, 2.05) is 36.3 Å². The first-order valence-corrected chi connectivity index (χ1v) is 6.58. The van der Waals surface area contributed by atoms with E-state index in [2.05, 4.69) is 29.1 Å². The molecule has 4 heteroatoms. The fraction of sp³-hybridized carbons (Fsp3) is 0.500. The van der Waals surface area contributed by atoms with E-state index in [-0.39, 0.29) is 0 Å². The fourth-order valence-electron chi connectivity index (χ4n) is 1.57. The molecule has 1 aromatic heterocycles. The minimum atomic E-state index is 0.294. The van der Waals surface area contributed by atoms with Crippen LogP contribution in [0.2, 0.25) is 0 Å². The molecular formula is C12H17N3S. The molecule has 0 fully saturated rings. The number of amidine groups is 1. The van der Waals surface area contributed by atoms with Crippen LogP contribution in [0.25, 0.3) is 0 Å². The quantitative estimate of drug-likeness (QED) is 0.855. The van der Waals surface area contributed by atoms with Crippen molar-refractivity contribution in [2.75, 3.05) is 12.3 Å². The highest BCUT2D eigenvalue weighted by Crippen LogP contribution is 2.19. The monoisotopic (exact) mass is 235 g/mol. The number of nitrogens with one attached hydrogen (secondary N) is 1. The van der Waals surface area contributed by atoms with E-state index in [4.69, 9.17) is 0 Å². The predicted molar refractivity (Wildman–Crippen MR) is 69.7 cm³/mol. The molecule has 1 aromatic rings. The number of thioether (sulfide) groups is 1. The van der Waals surface area contributed by atoms with Gasteiger partial charge in [-0.3, -0.25) is 9.98 Å². The van der Waals surface area contributed by atoms with Gasteiger partial charge in [0.2, 0.25) is 0 Å². The highest BCUT2D eigenvalue weighted by Gasteiger charge is 2.14. The third-order valence-electron chi connectivity index (χ3n) is 2.60. The van der Waals surface area contributed by atoms with Crippen molar-refractivity contribution >= 4 is 16.9 Å². The minimum absolute atomic E-state index is 0.294. The van der Waals surface area contributed by atoms with E-state index in [1.165, 1.54) is 5.56 Å². The second-order valence-corrected chi connectivity index (χ2v) is 5.22. The maximum atomic E-state index is 4.53. The number of rotatable bonds is 2. The predicted octanol–water partition coefficient (Wildman–Crippen LogP) is 2.47. The van der Waals surface area contributed by atoms with Gasteiger partial charge in [0.05, 0.1) is 6.04 Å². The molecule has 0 aliphatic carbocycles. The minimum Gasteiger partial charge on any atom is -0.358 e. The molecule has 2 unspecified atom stereocenters. The molecule has 2 atom stereocenters. The molecule has 1 N–H and O–H groups in total. The van der Waals surface area contributed by atoms with E-state index in [9.17, 15) is 0 Å². The van der Waals surface area contributed by atoms with Crippen LogP contribution in [0.15, 0.2) is 29.5 Å². The van der Waals surface area contributed by atoms with Crippen LogP contribution in [0.3, 0.4) is 0 Å². The molecule has 1 aliphatic rings. The summed E-state index contributed by atoms with van der Waals surface area (Å²) in [5, 5.41) is 4.51. The fourth-order valence-corrected chi connectivity index (χ4v) is 2.54.